The van der Waals surface area contributed by atoms with Gasteiger partial charge in [0.2, 0.25) is 11.0 Å². The molecule has 0 aromatic carbocycles. The van der Waals surface area contributed by atoms with Gasteiger partial charge in [0.05, 0.1) is 0 Å². The average molecular weight is 227 g/mol. The van der Waals surface area contributed by atoms with Crippen molar-refractivity contribution in [3.8, 4) is 0 Å². The van der Waals surface area contributed by atoms with Crippen molar-refractivity contribution < 1.29 is 14.7 Å². The number of rotatable bonds is 3. The summed E-state index contributed by atoms with van der Waals surface area (Å²) in [4.78, 5) is 26.4. The lowest BCUT2D eigenvalue weighted by atomic mass is 10.1. The number of carbonyl (C=O) groups is 2. The van der Waals surface area contributed by atoms with Gasteiger partial charge >= 0.3 is 5.97 Å². The number of aryl methyl sites for hydroxylation is 1. The Balaban J connectivity index is 2.08. The maximum atomic E-state index is 11.6. The summed E-state index contributed by atoms with van der Waals surface area (Å²) < 4.78 is 3.89. The molecule has 0 radical (unpaired) electrons. The van der Waals surface area contributed by atoms with Gasteiger partial charge in [0.15, 0.2) is 0 Å². The van der Waals surface area contributed by atoms with Crippen LogP contribution in [0, 0.1) is 12.3 Å². The van der Waals surface area contributed by atoms with Crippen molar-refractivity contribution >= 4 is 28.5 Å². The first-order valence-corrected chi connectivity index (χ1v) is 5.17. The van der Waals surface area contributed by atoms with Crippen molar-refractivity contribution in [3.05, 3.63) is 5.82 Å². The van der Waals surface area contributed by atoms with E-state index in [1.807, 2.05) is 0 Å². The monoisotopic (exact) mass is 227 g/mol. The first kappa shape index (κ1) is 10.0. The van der Waals surface area contributed by atoms with Crippen molar-refractivity contribution in [2.45, 2.75) is 19.8 Å². The predicted molar refractivity (Wildman–Crippen MR) is 52.6 cm³/mol. The van der Waals surface area contributed by atoms with Crippen molar-refractivity contribution in [2.75, 3.05) is 5.32 Å². The molecule has 80 valence electrons. The van der Waals surface area contributed by atoms with Crippen LogP contribution in [0.3, 0.4) is 0 Å². The Kier molecular flexibility index (Phi) is 2.18. The van der Waals surface area contributed by atoms with Gasteiger partial charge in [0.25, 0.3) is 0 Å². The Hall–Kier alpha value is -1.50. The number of aromatic nitrogens is 2. The second-order valence-corrected chi connectivity index (χ2v) is 4.24. The van der Waals surface area contributed by atoms with E-state index in [2.05, 4.69) is 14.7 Å². The minimum absolute atomic E-state index is 0.352. The molecule has 1 fully saturated rings. The van der Waals surface area contributed by atoms with E-state index in [0.29, 0.717) is 23.8 Å². The lowest BCUT2D eigenvalue weighted by Crippen LogP contribution is -2.31. The molecular weight excluding hydrogens is 218 g/mol. The van der Waals surface area contributed by atoms with E-state index in [1.54, 1.807) is 6.92 Å². The summed E-state index contributed by atoms with van der Waals surface area (Å²) in [5.41, 5.74) is -1.22. The van der Waals surface area contributed by atoms with E-state index in [-0.39, 0.29) is 0 Å². The van der Waals surface area contributed by atoms with Gasteiger partial charge in [-0.2, -0.15) is 4.37 Å². The quantitative estimate of drug-likeness (QED) is 0.739. The SMILES string of the molecule is Cc1nsc(NC(=O)C2(C(=O)O)CC2)n1. The second kappa shape index (κ2) is 3.27. The minimum atomic E-state index is -1.22. The highest BCUT2D eigenvalue weighted by Gasteiger charge is 2.57. The van der Waals surface area contributed by atoms with Gasteiger partial charge in [-0.1, -0.05) is 0 Å². The summed E-state index contributed by atoms with van der Waals surface area (Å²) in [5, 5.41) is 11.7. The van der Waals surface area contributed by atoms with Crippen LogP contribution < -0.4 is 5.32 Å². The van der Waals surface area contributed by atoms with Gasteiger partial charge in [-0.25, -0.2) is 4.98 Å². The number of nitrogens with zero attached hydrogens (tertiary/aromatic N) is 2. The molecule has 1 aliphatic carbocycles. The first-order valence-electron chi connectivity index (χ1n) is 4.40. The Bertz CT molecular complexity index is 425. The molecule has 1 saturated carbocycles. The molecule has 1 aliphatic rings. The third-order valence-electron chi connectivity index (χ3n) is 2.34. The van der Waals surface area contributed by atoms with Crippen molar-refractivity contribution in [1.82, 2.24) is 9.36 Å². The van der Waals surface area contributed by atoms with E-state index in [1.165, 1.54) is 0 Å². The Labute approximate surface area is 89.5 Å². The van der Waals surface area contributed by atoms with Crippen LogP contribution in [0.2, 0.25) is 0 Å². The van der Waals surface area contributed by atoms with Gasteiger partial charge < -0.3 is 5.11 Å². The number of nitrogens with one attached hydrogen (secondary N) is 1. The molecule has 0 atom stereocenters. The van der Waals surface area contributed by atoms with Crippen LogP contribution in [-0.2, 0) is 9.59 Å². The van der Waals surface area contributed by atoms with Crippen LogP contribution in [0.15, 0.2) is 0 Å². The van der Waals surface area contributed by atoms with E-state index in [9.17, 15) is 9.59 Å². The Morgan fingerprint density at radius 3 is 2.60 bits per heavy atom. The molecule has 15 heavy (non-hydrogen) atoms. The maximum Gasteiger partial charge on any atom is 0.319 e. The van der Waals surface area contributed by atoms with Crippen molar-refractivity contribution in [2.24, 2.45) is 5.41 Å². The standard InChI is InChI=1S/C8H9N3O3S/c1-4-9-7(15-11-4)10-5(12)8(2-3-8)6(13)14/h2-3H2,1H3,(H,13,14)(H,9,10,11,12). The zero-order valence-electron chi connectivity index (χ0n) is 7.98. The zero-order valence-corrected chi connectivity index (χ0v) is 8.80. The van der Waals surface area contributed by atoms with E-state index >= 15 is 0 Å². The van der Waals surface area contributed by atoms with Crippen LogP contribution in [0.1, 0.15) is 18.7 Å². The average Bonchev–Trinajstić information content (AvgIpc) is 2.88. The highest BCUT2D eigenvalue weighted by atomic mass is 32.1. The summed E-state index contributed by atoms with van der Waals surface area (Å²) in [6.07, 6.45) is 0.790. The second-order valence-electron chi connectivity index (χ2n) is 3.49. The number of hydrogen-bond donors (Lipinski definition) is 2. The maximum absolute atomic E-state index is 11.6. The van der Waals surface area contributed by atoms with E-state index < -0.39 is 17.3 Å². The van der Waals surface area contributed by atoms with Crippen LogP contribution in [0.5, 0.6) is 0 Å². The number of carboxylic acid groups (broad SMARTS) is 1. The molecule has 2 N–H and O–H groups in total. The number of hydrogen-bond acceptors (Lipinski definition) is 5. The third kappa shape index (κ3) is 1.70. The molecule has 1 aromatic heterocycles. The summed E-state index contributed by atoms with van der Waals surface area (Å²) in [5.74, 6) is -0.997. The molecule has 1 heterocycles. The van der Waals surface area contributed by atoms with Gasteiger partial charge in [-0.15, -0.1) is 0 Å². The summed E-state index contributed by atoms with van der Waals surface area (Å²) in [6, 6.07) is 0. The molecule has 0 aliphatic heterocycles. The highest BCUT2D eigenvalue weighted by Crippen LogP contribution is 2.46. The number of aliphatic carboxylic acids is 1. The predicted octanol–water partition coefficient (Wildman–Crippen LogP) is 0.650. The fourth-order valence-electron chi connectivity index (χ4n) is 1.23. The zero-order chi connectivity index (χ0) is 11.1. The molecule has 0 unspecified atom stereocenters. The fraction of sp³-hybridized carbons (Fsp3) is 0.500. The normalized spacial score (nSPS) is 17.1. The lowest BCUT2D eigenvalue weighted by Gasteiger charge is -2.07. The van der Waals surface area contributed by atoms with Crippen LogP contribution in [-0.4, -0.2) is 26.3 Å². The third-order valence-corrected chi connectivity index (χ3v) is 3.06. The lowest BCUT2D eigenvalue weighted by molar-refractivity contribution is -0.147. The molecule has 2 rings (SSSR count). The van der Waals surface area contributed by atoms with Gasteiger partial charge in [0.1, 0.15) is 11.2 Å². The Morgan fingerprint density at radius 1 is 1.53 bits per heavy atom. The van der Waals surface area contributed by atoms with Gasteiger partial charge in [0, 0.05) is 11.5 Å². The van der Waals surface area contributed by atoms with Gasteiger partial charge in [-0.05, 0) is 19.8 Å². The molecule has 0 saturated heterocycles. The number of carboxylic acids is 1. The number of anilines is 1. The molecular formula is C8H9N3O3S. The van der Waals surface area contributed by atoms with Crippen molar-refractivity contribution in [1.29, 1.82) is 0 Å². The van der Waals surface area contributed by atoms with Crippen LogP contribution in [0.4, 0.5) is 5.13 Å². The van der Waals surface area contributed by atoms with E-state index in [0.717, 1.165) is 11.5 Å². The summed E-state index contributed by atoms with van der Waals surface area (Å²) in [6.45, 7) is 1.70. The van der Waals surface area contributed by atoms with Gasteiger partial charge in [-0.3, -0.25) is 14.9 Å². The van der Waals surface area contributed by atoms with Crippen molar-refractivity contribution in [3.63, 3.8) is 0 Å². The first-order chi connectivity index (χ1) is 7.04. The number of carbonyl (C=O) groups excluding carboxylic acids is 1. The minimum Gasteiger partial charge on any atom is -0.480 e. The largest absolute Gasteiger partial charge is 0.480 e. The molecule has 7 heteroatoms. The van der Waals surface area contributed by atoms with E-state index in [4.69, 9.17) is 5.11 Å². The molecule has 0 bridgehead atoms. The molecule has 0 spiro atoms. The smallest absolute Gasteiger partial charge is 0.319 e. The van der Waals surface area contributed by atoms with Crippen LogP contribution in [0.25, 0.3) is 0 Å². The fourth-order valence-corrected chi connectivity index (χ4v) is 1.80. The number of amides is 1. The summed E-state index contributed by atoms with van der Waals surface area (Å²) in [7, 11) is 0. The van der Waals surface area contributed by atoms with Crippen LogP contribution >= 0.6 is 11.5 Å². The molecule has 6 nitrogen and oxygen atoms in total. The Morgan fingerprint density at radius 2 is 2.20 bits per heavy atom. The molecule has 1 aromatic rings. The summed E-state index contributed by atoms with van der Waals surface area (Å²) >= 11 is 1.05. The highest BCUT2D eigenvalue weighted by molar-refractivity contribution is 7.09. The topological polar surface area (TPSA) is 92.2 Å². The molecule has 1 amide bonds.